The predicted octanol–water partition coefficient (Wildman–Crippen LogP) is 2.14. The lowest BCUT2D eigenvalue weighted by atomic mass is 10.2. The molecule has 0 saturated carbocycles. The van der Waals surface area contributed by atoms with E-state index in [-0.39, 0.29) is 16.0 Å². The normalized spacial score (nSPS) is 9.67. The minimum absolute atomic E-state index is 0.0584. The summed E-state index contributed by atoms with van der Waals surface area (Å²) in [6.45, 7) is 3.93. The van der Waals surface area contributed by atoms with Crippen LogP contribution in [0.15, 0.2) is 42.6 Å². The van der Waals surface area contributed by atoms with E-state index < -0.39 is 5.97 Å². The molecule has 1 amide bonds. The van der Waals surface area contributed by atoms with Crippen molar-refractivity contribution in [3.8, 4) is 0 Å². The van der Waals surface area contributed by atoms with E-state index in [1.54, 1.807) is 0 Å². The van der Waals surface area contributed by atoms with Gasteiger partial charge in [-0.3, -0.25) is 4.79 Å². The van der Waals surface area contributed by atoms with E-state index in [1.807, 2.05) is 52.9 Å². The van der Waals surface area contributed by atoms with Gasteiger partial charge in [0.2, 0.25) is 5.91 Å². The zero-order valence-corrected chi connectivity index (χ0v) is 12.2. The lowest BCUT2D eigenvalue weighted by molar-refractivity contribution is -0.141. The standard InChI is InChI=1S/C13H14INO3/c1-10(13(17)18-2)15(12(16)8-14)9-11-6-4-3-5-7-11/h3-7H,1,8-9H2,2H3. The second-order valence-electron chi connectivity index (χ2n) is 3.54. The molecule has 18 heavy (non-hydrogen) atoms. The number of hydrogen-bond acceptors (Lipinski definition) is 3. The minimum atomic E-state index is -0.593. The summed E-state index contributed by atoms with van der Waals surface area (Å²) >= 11 is 1.96. The van der Waals surface area contributed by atoms with Crippen LogP contribution in [0.2, 0.25) is 0 Å². The first kappa shape index (κ1) is 14.7. The summed E-state index contributed by atoms with van der Waals surface area (Å²) in [4.78, 5) is 24.6. The molecule has 0 aliphatic heterocycles. The van der Waals surface area contributed by atoms with Gasteiger partial charge >= 0.3 is 5.97 Å². The first-order valence-electron chi connectivity index (χ1n) is 5.27. The first-order chi connectivity index (χ1) is 8.60. The van der Waals surface area contributed by atoms with Gasteiger partial charge in [-0.05, 0) is 5.56 Å². The molecule has 0 aromatic heterocycles. The molecule has 1 rings (SSSR count). The zero-order chi connectivity index (χ0) is 13.5. The Labute approximate surface area is 120 Å². The van der Waals surface area contributed by atoms with E-state index in [0.717, 1.165) is 5.56 Å². The smallest absolute Gasteiger partial charge is 0.354 e. The Morgan fingerprint density at radius 1 is 1.33 bits per heavy atom. The van der Waals surface area contributed by atoms with E-state index in [2.05, 4.69) is 11.3 Å². The van der Waals surface area contributed by atoms with Crippen molar-refractivity contribution in [1.82, 2.24) is 4.90 Å². The average Bonchev–Trinajstić information content (AvgIpc) is 2.43. The van der Waals surface area contributed by atoms with Gasteiger partial charge in [-0.1, -0.05) is 59.5 Å². The van der Waals surface area contributed by atoms with Crippen LogP contribution in [-0.4, -0.2) is 28.3 Å². The van der Waals surface area contributed by atoms with Gasteiger partial charge in [0.1, 0.15) is 5.70 Å². The Balaban J connectivity index is 2.89. The number of nitrogens with zero attached hydrogens (tertiary/aromatic N) is 1. The molecule has 0 atom stereocenters. The average molecular weight is 359 g/mol. The molecule has 1 aromatic rings. The predicted molar refractivity (Wildman–Crippen MR) is 77.0 cm³/mol. The van der Waals surface area contributed by atoms with Crippen LogP contribution in [0.5, 0.6) is 0 Å². The third-order valence-corrected chi connectivity index (χ3v) is 3.00. The van der Waals surface area contributed by atoms with Gasteiger partial charge in [-0.15, -0.1) is 0 Å². The van der Waals surface area contributed by atoms with Crippen molar-refractivity contribution in [3.63, 3.8) is 0 Å². The summed E-state index contributed by atoms with van der Waals surface area (Å²) in [7, 11) is 1.27. The number of benzene rings is 1. The van der Waals surface area contributed by atoms with Crippen LogP contribution in [0.4, 0.5) is 0 Å². The Kier molecular flexibility index (Phi) is 5.84. The largest absolute Gasteiger partial charge is 0.464 e. The quantitative estimate of drug-likeness (QED) is 0.350. The maximum absolute atomic E-state index is 11.8. The van der Waals surface area contributed by atoms with Crippen molar-refractivity contribution >= 4 is 34.5 Å². The molecule has 0 heterocycles. The number of halogens is 1. The number of amides is 1. The summed E-state index contributed by atoms with van der Waals surface area (Å²) in [5.74, 6) is -0.765. The third-order valence-electron chi connectivity index (χ3n) is 2.35. The van der Waals surface area contributed by atoms with Gasteiger partial charge in [-0.25, -0.2) is 4.79 Å². The Morgan fingerprint density at radius 2 is 1.94 bits per heavy atom. The van der Waals surface area contributed by atoms with Gasteiger partial charge in [0.05, 0.1) is 18.1 Å². The summed E-state index contributed by atoms with van der Waals surface area (Å²) in [6, 6.07) is 9.42. The van der Waals surface area contributed by atoms with Crippen molar-refractivity contribution in [2.24, 2.45) is 0 Å². The highest BCUT2D eigenvalue weighted by Gasteiger charge is 2.21. The van der Waals surface area contributed by atoms with E-state index in [0.29, 0.717) is 6.54 Å². The molecule has 96 valence electrons. The lowest BCUT2D eigenvalue weighted by Crippen LogP contribution is -2.34. The number of hydrogen-bond donors (Lipinski definition) is 0. The summed E-state index contributed by atoms with van der Waals surface area (Å²) in [5.41, 5.74) is 0.990. The van der Waals surface area contributed by atoms with Gasteiger partial charge in [-0.2, -0.15) is 0 Å². The number of carbonyl (C=O) groups is 2. The summed E-state index contributed by atoms with van der Waals surface area (Å²) in [6.07, 6.45) is 0. The number of esters is 1. The van der Waals surface area contributed by atoms with Crippen LogP contribution in [-0.2, 0) is 20.9 Å². The van der Waals surface area contributed by atoms with Crippen LogP contribution >= 0.6 is 22.6 Å². The number of carbonyl (C=O) groups excluding carboxylic acids is 2. The van der Waals surface area contributed by atoms with E-state index >= 15 is 0 Å². The molecule has 0 unspecified atom stereocenters. The Hall–Kier alpha value is -1.37. The van der Waals surface area contributed by atoms with Crippen molar-refractivity contribution in [3.05, 3.63) is 48.2 Å². The monoisotopic (exact) mass is 359 g/mol. The van der Waals surface area contributed by atoms with E-state index in [9.17, 15) is 9.59 Å². The molecule has 0 aliphatic rings. The molecule has 0 bridgehead atoms. The second-order valence-corrected chi connectivity index (χ2v) is 4.30. The molecule has 0 N–H and O–H groups in total. The Morgan fingerprint density at radius 3 is 2.44 bits per heavy atom. The molecule has 0 radical (unpaired) electrons. The second kappa shape index (κ2) is 7.15. The van der Waals surface area contributed by atoms with Gasteiger partial charge < -0.3 is 9.64 Å². The van der Waals surface area contributed by atoms with Gasteiger partial charge in [0.15, 0.2) is 0 Å². The molecule has 5 heteroatoms. The molecule has 0 fully saturated rings. The van der Waals surface area contributed by atoms with Crippen LogP contribution < -0.4 is 0 Å². The summed E-state index contributed by atoms with van der Waals surface area (Å²) < 4.78 is 4.87. The molecule has 0 aliphatic carbocycles. The lowest BCUT2D eigenvalue weighted by Gasteiger charge is -2.22. The molecule has 1 aromatic carbocycles. The van der Waals surface area contributed by atoms with E-state index in [4.69, 9.17) is 0 Å². The summed E-state index contributed by atoms with van der Waals surface area (Å²) in [5, 5.41) is 0. The molecular weight excluding hydrogens is 345 g/mol. The fraction of sp³-hybridized carbons (Fsp3) is 0.231. The number of methoxy groups -OCH3 is 1. The number of alkyl halides is 1. The zero-order valence-electron chi connectivity index (χ0n) is 10.1. The Bertz CT molecular complexity index is 445. The van der Waals surface area contributed by atoms with Crippen LogP contribution in [0.3, 0.4) is 0 Å². The highest BCUT2D eigenvalue weighted by atomic mass is 127. The van der Waals surface area contributed by atoms with Crippen molar-refractivity contribution < 1.29 is 14.3 Å². The maximum Gasteiger partial charge on any atom is 0.354 e. The highest BCUT2D eigenvalue weighted by molar-refractivity contribution is 14.1. The van der Waals surface area contributed by atoms with Gasteiger partial charge in [0, 0.05) is 0 Å². The van der Waals surface area contributed by atoms with Gasteiger partial charge in [0.25, 0.3) is 0 Å². The SMILES string of the molecule is C=C(C(=O)OC)N(Cc1ccccc1)C(=O)CI. The molecular formula is C13H14INO3. The molecule has 0 saturated heterocycles. The molecule has 0 spiro atoms. The molecule has 4 nitrogen and oxygen atoms in total. The van der Waals surface area contributed by atoms with Crippen molar-refractivity contribution in [2.75, 3.05) is 11.5 Å². The fourth-order valence-electron chi connectivity index (χ4n) is 1.40. The third kappa shape index (κ3) is 3.83. The highest BCUT2D eigenvalue weighted by Crippen LogP contribution is 2.12. The fourth-order valence-corrected chi connectivity index (χ4v) is 1.81. The van der Waals surface area contributed by atoms with Crippen LogP contribution in [0.1, 0.15) is 5.56 Å². The van der Waals surface area contributed by atoms with Crippen LogP contribution in [0.25, 0.3) is 0 Å². The number of rotatable bonds is 5. The first-order valence-corrected chi connectivity index (χ1v) is 6.80. The minimum Gasteiger partial charge on any atom is -0.464 e. The topological polar surface area (TPSA) is 46.6 Å². The van der Waals surface area contributed by atoms with E-state index in [1.165, 1.54) is 12.0 Å². The van der Waals surface area contributed by atoms with Crippen molar-refractivity contribution in [1.29, 1.82) is 0 Å². The van der Waals surface area contributed by atoms with Crippen molar-refractivity contribution in [2.45, 2.75) is 6.54 Å². The van der Waals surface area contributed by atoms with Crippen LogP contribution in [0, 0.1) is 0 Å². The number of ether oxygens (including phenoxy) is 1. The maximum atomic E-state index is 11.8.